The highest BCUT2D eigenvalue weighted by Gasteiger charge is 2.10. The molecule has 0 atom stereocenters. The Hall–Kier alpha value is -2.03. The number of hydrogen-bond acceptors (Lipinski definition) is 3. The number of nitrogens with one attached hydrogen (secondary N) is 1. The molecule has 2 aromatic rings. The van der Waals surface area contributed by atoms with Crippen molar-refractivity contribution in [1.29, 1.82) is 5.26 Å². The monoisotopic (exact) mass is 276 g/mol. The Morgan fingerprint density at radius 3 is 3.00 bits per heavy atom. The van der Waals surface area contributed by atoms with Gasteiger partial charge in [-0.2, -0.15) is 5.26 Å². The zero-order chi connectivity index (χ0) is 13.8. The average molecular weight is 277 g/mol. The van der Waals surface area contributed by atoms with Crippen molar-refractivity contribution >= 4 is 28.4 Å². The minimum Gasteiger partial charge on any atom is -0.341 e. The second kappa shape index (κ2) is 5.74. The van der Waals surface area contributed by atoms with E-state index in [4.69, 9.17) is 22.6 Å². The van der Waals surface area contributed by atoms with Crippen molar-refractivity contribution in [3.63, 3.8) is 0 Å². The summed E-state index contributed by atoms with van der Waals surface area (Å²) < 4.78 is 1.79. The highest BCUT2D eigenvalue weighted by Crippen LogP contribution is 2.24. The summed E-state index contributed by atoms with van der Waals surface area (Å²) in [5, 5.41) is 12.5. The van der Waals surface area contributed by atoms with Gasteiger partial charge >= 0.3 is 0 Å². The molecule has 2 rings (SSSR count). The third-order valence-corrected chi connectivity index (χ3v) is 3.06. The normalized spacial score (nSPS) is 10.4. The van der Waals surface area contributed by atoms with E-state index in [1.807, 2.05) is 18.3 Å². The van der Waals surface area contributed by atoms with Crippen molar-refractivity contribution in [3.05, 3.63) is 35.0 Å². The first-order valence-electron chi connectivity index (χ1n) is 5.76. The molecule has 0 saturated heterocycles. The molecule has 0 unspecified atom stereocenters. The number of carbonyl (C=O) groups excluding carboxylic acids is 1. The fourth-order valence-electron chi connectivity index (χ4n) is 1.98. The second-order valence-electron chi connectivity index (χ2n) is 4.08. The summed E-state index contributed by atoms with van der Waals surface area (Å²) in [7, 11) is 0. The molecule has 0 saturated carbocycles. The van der Waals surface area contributed by atoms with Gasteiger partial charge in [-0.25, -0.2) is 0 Å². The van der Waals surface area contributed by atoms with Crippen LogP contribution in [0.2, 0.25) is 5.02 Å². The Balaban J connectivity index is 2.35. The molecule has 19 heavy (non-hydrogen) atoms. The molecule has 5 nitrogen and oxygen atoms in total. The molecule has 0 aliphatic rings. The molecule has 0 aliphatic heterocycles. The number of hydrogen-bond donors (Lipinski definition) is 2. The van der Waals surface area contributed by atoms with Gasteiger partial charge in [-0.3, -0.25) is 4.79 Å². The van der Waals surface area contributed by atoms with Gasteiger partial charge in [0.2, 0.25) is 5.91 Å². The van der Waals surface area contributed by atoms with Crippen molar-refractivity contribution in [2.45, 2.75) is 13.1 Å². The lowest BCUT2D eigenvalue weighted by Crippen LogP contribution is -2.27. The van der Waals surface area contributed by atoms with Crippen LogP contribution in [0.15, 0.2) is 24.4 Å². The summed E-state index contributed by atoms with van der Waals surface area (Å²) >= 11 is 5.98. The number of rotatable bonds is 4. The smallest absolute Gasteiger partial charge is 0.240 e. The van der Waals surface area contributed by atoms with Crippen LogP contribution in [0.3, 0.4) is 0 Å². The van der Waals surface area contributed by atoms with Crippen LogP contribution in [-0.2, 0) is 17.9 Å². The molecule has 1 aromatic carbocycles. The molecule has 0 radical (unpaired) electrons. The topological polar surface area (TPSA) is 83.8 Å². The number of amides is 1. The number of nitrogens with two attached hydrogens (primary N) is 1. The minimum atomic E-state index is -0.220. The molecule has 1 amide bonds. The fraction of sp³-hybridized carbons (Fsp3) is 0.231. The largest absolute Gasteiger partial charge is 0.341 e. The van der Waals surface area contributed by atoms with Gasteiger partial charge in [0.1, 0.15) is 13.1 Å². The van der Waals surface area contributed by atoms with E-state index in [1.54, 1.807) is 16.7 Å². The number of carbonyl (C=O) groups is 1. The summed E-state index contributed by atoms with van der Waals surface area (Å²) in [6, 6.07) is 7.35. The number of nitriles is 1. The predicted octanol–water partition coefficient (Wildman–Crippen LogP) is 1.39. The summed E-state index contributed by atoms with van der Waals surface area (Å²) in [4.78, 5) is 11.7. The van der Waals surface area contributed by atoms with Crippen molar-refractivity contribution < 1.29 is 4.79 Å². The van der Waals surface area contributed by atoms with Crippen molar-refractivity contribution in [2.24, 2.45) is 5.73 Å². The van der Waals surface area contributed by atoms with Crippen LogP contribution in [0, 0.1) is 11.3 Å². The van der Waals surface area contributed by atoms with Gasteiger partial charge in [-0.05, 0) is 17.7 Å². The van der Waals surface area contributed by atoms with Gasteiger partial charge in [-0.1, -0.05) is 17.7 Å². The van der Waals surface area contributed by atoms with E-state index in [9.17, 15) is 4.79 Å². The predicted molar refractivity (Wildman–Crippen MR) is 73.5 cm³/mol. The van der Waals surface area contributed by atoms with Crippen LogP contribution in [0.5, 0.6) is 0 Å². The number of fused-ring (bicyclic) bond motifs is 1. The highest BCUT2D eigenvalue weighted by molar-refractivity contribution is 6.31. The third-order valence-electron chi connectivity index (χ3n) is 2.83. The number of benzene rings is 1. The van der Waals surface area contributed by atoms with E-state index < -0.39 is 0 Å². The van der Waals surface area contributed by atoms with Gasteiger partial charge in [0.05, 0.1) is 11.6 Å². The Morgan fingerprint density at radius 2 is 2.32 bits per heavy atom. The maximum Gasteiger partial charge on any atom is 0.240 e. The van der Waals surface area contributed by atoms with E-state index in [0.717, 1.165) is 16.5 Å². The lowest BCUT2D eigenvalue weighted by atomic mass is 10.2. The molecular formula is C13H13ClN4O. The second-order valence-corrected chi connectivity index (χ2v) is 4.52. The molecule has 3 N–H and O–H groups in total. The van der Waals surface area contributed by atoms with Crippen molar-refractivity contribution in [2.75, 3.05) is 6.54 Å². The number of aromatic nitrogens is 1. The van der Waals surface area contributed by atoms with Crippen molar-refractivity contribution in [3.8, 4) is 6.07 Å². The van der Waals surface area contributed by atoms with Crippen LogP contribution in [-0.4, -0.2) is 17.0 Å². The molecule has 6 heteroatoms. The maximum atomic E-state index is 11.7. The van der Waals surface area contributed by atoms with E-state index in [2.05, 4.69) is 5.32 Å². The zero-order valence-electron chi connectivity index (χ0n) is 10.2. The van der Waals surface area contributed by atoms with Crippen LogP contribution in [0.4, 0.5) is 0 Å². The van der Waals surface area contributed by atoms with Gasteiger partial charge in [0.25, 0.3) is 0 Å². The molecule has 0 bridgehead atoms. The number of nitrogens with zero attached hydrogens (tertiary/aromatic N) is 2. The van der Waals surface area contributed by atoms with E-state index in [1.165, 1.54) is 0 Å². The Bertz CT molecular complexity index is 656. The molecule has 98 valence electrons. The average Bonchev–Trinajstić information content (AvgIpc) is 2.74. The van der Waals surface area contributed by atoms with E-state index >= 15 is 0 Å². The molecule has 0 fully saturated rings. The first-order valence-corrected chi connectivity index (χ1v) is 6.14. The van der Waals surface area contributed by atoms with Crippen LogP contribution in [0.25, 0.3) is 10.9 Å². The fourth-order valence-corrected chi connectivity index (χ4v) is 2.15. The quantitative estimate of drug-likeness (QED) is 0.828. The standard InChI is InChI=1S/C13H13ClN4O/c14-10-1-2-11-9(6-16)7-18(12(11)5-10)8-13(19)17-4-3-15/h1-2,5,7H,4,6,8,16H2,(H,17,19). The van der Waals surface area contributed by atoms with E-state index in [-0.39, 0.29) is 19.0 Å². The van der Waals surface area contributed by atoms with Crippen LogP contribution < -0.4 is 11.1 Å². The number of halogens is 1. The zero-order valence-corrected chi connectivity index (χ0v) is 10.9. The highest BCUT2D eigenvalue weighted by atomic mass is 35.5. The summed E-state index contributed by atoms with van der Waals surface area (Å²) in [5.41, 5.74) is 7.51. The van der Waals surface area contributed by atoms with E-state index in [0.29, 0.717) is 11.6 Å². The van der Waals surface area contributed by atoms with Crippen molar-refractivity contribution in [1.82, 2.24) is 9.88 Å². The molecule has 0 aliphatic carbocycles. The molecular weight excluding hydrogens is 264 g/mol. The molecule has 1 heterocycles. The Labute approximate surface area is 115 Å². The summed E-state index contributed by atoms with van der Waals surface area (Å²) in [6.07, 6.45) is 1.84. The lowest BCUT2D eigenvalue weighted by Gasteiger charge is -2.05. The first kappa shape index (κ1) is 13.4. The van der Waals surface area contributed by atoms with Gasteiger partial charge in [-0.15, -0.1) is 0 Å². The van der Waals surface area contributed by atoms with Crippen LogP contribution in [0.1, 0.15) is 5.56 Å². The van der Waals surface area contributed by atoms with Gasteiger partial charge in [0.15, 0.2) is 0 Å². The SMILES string of the molecule is N#CCNC(=O)Cn1cc(CN)c2ccc(Cl)cc21. The first-order chi connectivity index (χ1) is 9.15. The van der Waals surface area contributed by atoms with Gasteiger partial charge in [0, 0.05) is 23.2 Å². The van der Waals surface area contributed by atoms with Crippen LogP contribution >= 0.6 is 11.6 Å². The Morgan fingerprint density at radius 1 is 1.53 bits per heavy atom. The summed E-state index contributed by atoms with van der Waals surface area (Å²) in [5.74, 6) is -0.220. The van der Waals surface area contributed by atoms with Gasteiger partial charge < -0.3 is 15.6 Å². The maximum absolute atomic E-state index is 11.7. The third kappa shape index (κ3) is 2.87. The molecule has 0 spiro atoms. The minimum absolute atomic E-state index is 0.00252. The Kier molecular flexibility index (Phi) is 4.05. The summed E-state index contributed by atoms with van der Waals surface area (Å²) in [6.45, 7) is 0.534. The lowest BCUT2D eigenvalue weighted by molar-refractivity contribution is -0.121. The molecule has 1 aromatic heterocycles.